The minimum Gasteiger partial charge on any atom is -0.493 e. The third-order valence-corrected chi connectivity index (χ3v) is 4.94. The molecule has 4 nitrogen and oxygen atoms in total. The van der Waals surface area contributed by atoms with E-state index in [2.05, 4.69) is 4.74 Å². The Morgan fingerprint density at radius 3 is 2.50 bits per heavy atom. The molecule has 30 heavy (non-hydrogen) atoms. The molecule has 1 aliphatic heterocycles. The molecule has 0 aromatic heterocycles. The van der Waals surface area contributed by atoms with Gasteiger partial charge in [0.25, 0.3) is 0 Å². The number of hydrogen-bond acceptors (Lipinski definition) is 3. The van der Waals surface area contributed by atoms with Gasteiger partial charge < -0.3 is 14.4 Å². The number of amides is 1. The predicted molar refractivity (Wildman–Crippen MR) is 98.2 cm³/mol. The van der Waals surface area contributed by atoms with Gasteiger partial charge in [0.05, 0.1) is 18.2 Å². The number of nitrogens with zero attached hydrogens (tertiary/aromatic N) is 1. The molecule has 1 fully saturated rings. The van der Waals surface area contributed by atoms with Crippen LogP contribution in [0.15, 0.2) is 36.4 Å². The molecule has 3 rings (SSSR count). The first-order valence-corrected chi connectivity index (χ1v) is 9.44. The summed E-state index contributed by atoms with van der Waals surface area (Å²) in [6.07, 6.45) is -4.94. The molecular weight excluding hydrogens is 433 g/mol. The molecule has 0 N–H and O–H groups in total. The lowest BCUT2D eigenvalue weighted by atomic mass is 10.0. The van der Waals surface area contributed by atoms with Gasteiger partial charge in [0.2, 0.25) is 5.91 Å². The third-order valence-electron chi connectivity index (χ3n) is 4.58. The smallest absolute Gasteiger partial charge is 0.493 e. The Balaban J connectivity index is 1.91. The summed E-state index contributed by atoms with van der Waals surface area (Å²) in [5.74, 6) is -3.06. The first-order chi connectivity index (χ1) is 14.1. The van der Waals surface area contributed by atoms with Gasteiger partial charge in [-0.25, -0.2) is 8.78 Å². The molecule has 2 unspecified atom stereocenters. The van der Waals surface area contributed by atoms with Crippen molar-refractivity contribution in [2.75, 3.05) is 6.61 Å². The Morgan fingerprint density at radius 1 is 1.13 bits per heavy atom. The van der Waals surface area contributed by atoms with Gasteiger partial charge in [-0.1, -0.05) is 12.1 Å². The summed E-state index contributed by atoms with van der Waals surface area (Å²) in [5.41, 5.74) is 0.341. The number of hydrogen-bond donors (Lipinski definition) is 0. The molecule has 1 saturated heterocycles. The van der Waals surface area contributed by atoms with E-state index >= 15 is 0 Å². The van der Waals surface area contributed by atoms with Crippen molar-refractivity contribution in [2.45, 2.75) is 37.7 Å². The van der Waals surface area contributed by atoms with E-state index in [0.717, 1.165) is 12.1 Å². The summed E-state index contributed by atoms with van der Waals surface area (Å²) in [4.78, 5) is 13.8. The second-order valence-electron chi connectivity index (χ2n) is 6.58. The number of halogens is 6. The monoisotopic (exact) mass is 449 g/mol. The maximum atomic E-state index is 14.6. The standard InChI is InChI=1S/C20H17ClF5NO3/c1-2-29-17-5-3-4-13(22)18(17)15-9-12(21)19(28)27(15)10-11-6-7-16(14(23)8-11)30-20(24,25)26/h3-8,12,15H,2,9-10H2,1H3. The fourth-order valence-corrected chi connectivity index (χ4v) is 3.68. The van der Waals surface area contributed by atoms with Crippen LogP contribution in [-0.2, 0) is 11.3 Å². The van der Waals surface area contributed by atoms with Crippen molar-refractivity contribution in [3.8, 4) is 11.5 Å². The van der Waals surface area contributed by atoms with Crippen LogP contribution in [0.3, 0.4) is 0 Å². The molecule has 162 valence electrons. The van der Waals surface area contributed by atoms with Crippen LogP contribution in [0.1, 0.15) is 30.5 Å². The molecule has 0 radical (unpaired) electrons. The van der Waals surface area contributed by atoms with Crippen LogP contribution in [0.5, 0.6) is 11.5 Å². The van der Waals surface area contributed by atoms with E-state index < -0.39 is 41.1 Å². The number of alkyl halides is 4. The quantitative estimate of drug-likeness (QED) is 0.441. The Hall–Kier alpha value is -2.55. The van der Waals surface area contributed by atoms with Gasteiger partial charge in [0.15, 0.2) is 11.6 Å². The van der Waals surface area contributed by atoms with Crippen molar-refractivity contribution >= 4 is 17.5 Å². The van der Waals surface area contributed by atoms with E-state index in [-0.39, 0.29) is 36.4 Å². The Morgan fingerprint density at radius 2 is 1.87 bits per heavy atom. The van der Waals surface area contributed by atoms with Crippen LogP contribution < -0.4 is 9.47 Å². The van der Waals surface area contributed by atoms with Crippen molar-refractivity contribution in [3.63, 3.8) is 0 Å². The van der Waals surface area contributed by atoms with Crippen molar-refractivity contribution in [2.24, 2.45) is 0 Å². The van der Waals surface area contributed by atoms with E-state index in [9.17, 15) is 26.7 Å². The fraction of sp³-hybridized carbons (Fsp3) is 0.350. The molecule has 0 spiro atoms. The average Bonchev–Trinajstić information content (AvgIpc) is 2.91. The second-order valence-corrected chi connectivity index (χ2v) is 7.11. The summed E-state index contributed by atoms with van der Waals surface area (Å²) < 4.78 is 74.7. The predicted octanol–water partition coefficient (Wildman–Crippen LogP) is 5.34. The topological polar surface area (TPSA) is 38.8 Å². The summed E-state index contributed by atoms with van der Waals surface area (Å²) in [6, 6.07) is 6.33. The number of ether oxygens (including phenoxy) is 2. The van der Waals surface area contributed by atoms with Crippen LogP contribution in [0, 0.1) is 11.6 Å². The van der Waals surface area contributed by atoms with Crippen LogP contribution in [0.4, 0.5) is 22.0 Å². The lowest BCUT2D eigenvalue weighted by molar-refractivity contribution is -0.275. The van der Waals surface area contributed by atoms with Crippen molar-refractivity contribution < 1.29 is 36.2 Å². The zero-order valence-corrected chi connectivity index (χ0v) is 16.4. The molecule has 2 aromatic carbocycles. The van der Waals surface area contributed by atoms with E-state index in [0.29, 0.717) is 0 Å². The van der Waals surface area contributed by atoms with Gasteiger partial charge in [0, 0.05) is 6.54 Å². The van der Waals surface area contributed by atoms with Gasteiger partial charge in [-0.15, -0.1) is 24.8 Å². The van der Waals surface area contributed by atoms with Gasteiger partial charge in [-0.2, -0.15) is 0 Å². The highest BCUT2D eigenvalue weighted by Crippen LogP contribution is 2.42. The van der Waals surface area contributed by atoms with Crippen molar-refractivity contribution in [3.05, 3.63) is 59.2 Å². The van der Waals surface area contributed by atoms with E-state index in [1.165, 1.54) is 23.1 Å². The summed E-state index contributed by atoms with van der Waals surface area (Å²) in [5, 5.41) is -0.929. The minimum atomic E-state index is -5.04. The summed E-state index contributed by atoms with van der Waals surface area (Å²) in [7, 11) is 0. The molecule has 10 heteroatoms. The van der Waals surface area contributed by atoms with E-state index in [1.54, 1.807) is 13.0 Å². The van der Waals surface area contributed by atoms with E-state index in [1.807, 2.05) is 0 Å². The van der Waals surface area contributed by atoms with E-state index in [4.69, 9.17) is 16.3 Å². The maximum absolute atomic E-state index is 14.6. The molecule has 0 aliphatic carbocycles. The molecule has 2 aromatic rings. The van der Waals surface area contributed by atoms with Gasteiger partial charge in [0.1, 0.15) is 16.9 Å². The molecule has 0 bridgehead atoms. The normalized spacial score (nSPS) is 19.3. The zero-order chi connectivity index (χ0) is 22.1. The molecule has 0 saturated carbocycles. The number of carbonyl (C=O) groups excluding carboxylic acids is 1. The molecule has 1 aliphatic rings. The minimum absolute atomic E-state index is 0.0964. The van der Waals surface area contributed by atoms with Gasteiger partial charge >= 0.3 is 6.36 Å². The molecule has 1 amide bonds. The lowest BCUT2D eigenvalue weighted by Gasteiger charge is -2.27. The third kappa shape index (κ3) is 4.77. The highest BCUT2D eigenvalue weighted by atomic mass is 35.5. The van der Waals surface area contributed by atoms with Crippen LogP contribution in [0.25, 0.3) is 0 Å². The highest BCUT2D eigenvalue weighted by molar-refractivity contribution is 6.31. The molecule has 1 heterocycles. The van der Waals surface area contributed by atoms with Crippen LogP contribution in [-0.4, -0.2) is 29.2 Å². The number of carbonyl (C=O) groups is 1. The largest absolute Gasteiger partial charge is 0.573 e. The van der Waals surface area contributed by atoms with Gasteiger partial charge in [-0.05, 0) is 43.2 Å². The Kier molecular flexibility index (Phi) is 6.40. The van der Waals surface area contributed by atoms with Crippen LogP contribution >= 0.6 is 11.6 Å². The van der Waals surface area contributed by atoms with Gasteiger partial charge in [-0.3, -0.25) is 4.79 Å². The first kappa shape index (κ1) is 22.1. The average molecular weight is 450 g/mol. The second kappa shape index (κ2) is 8.67. The van der Waals surface area contributed by atoms with Crippen molar-refractivity contribution in [1.82, 2.24) is 4.90 Å². The first-order valence-electron chi connectivity index (χ1n) is 9.00. The number of likely N-dealkylation sites (tertiary alicyclic amines) is 1. The SMILES string of the molecule is CCOc1cccc(F)c1C1CC(Cl)C(=O)N1Cc1ccc(OC(F)(F)F)c(F)c1. The molecular formula is C20H17ClF5NO3. The number of rotatable bonds is 6. The van der Waals surface area contributed by atoms with Crippen LogP contribution in [0.2, 0.25) is 0 Å². The molecule has 2 atom stereocenters. The zero-order valence-electron chi connectivity index (χ0n) is 15.7. The van der Waals surface area contributed by atoms with Crippen molar-refractivity contribution in [1.29, 1.82) is 0 Å². The Bertz CT molecular complexity index is 937. The number of benzene rings is 2. The maximum Gasteiger partial charge on any atom is 0.573 e. The lowest BCUT2D eigenvalue weighted by Crippen LogP contribution is -2.30. The summed E-state index contributed by atoms with van der Waals surface area (Å²) >= 11 is 6.11. The summed E-state index contributed by atoms with van der Waals surface area (Å²) in [6.45, 7) is 1.81. The highest BCUT2D eigenvalue weighted by Gasteiger charge is 2.41. The Labute approximate surface area is 174 Å². The fourth-order valence-electron chi connectivity index (χ4n) is 3.39.